The van der Waals surface area contributed by atoms with Crippen molar-refractivity contribution in [2.75, 3.05) is 5.32 Å². The van der Waals surface area contributed by atoms with E-state index in [1.54, 1.807) is 13.0 Å². The van der Waals surface area contributed by atoms with Gasteiger partial charge in [0.2, 0.25) is 5.91 Å². The van der Waals surface area contributed by atoms with Gasteiger partial charge >= 0.3 is 0 Å². The van der Waals surface area contributed by atoms with Crippen LogP contribution in [0.3, 0.4) is 0 Å². The van der Waals surface area contributed by atoms with Crippen LogP contribution in [0, 0.1) is 12.8 Å². The quantitative estimate of drug-likeness (QED) is 0.766. The van der Waals surface area contributed by atoms with Crippen molar-refractivity contribution in [1.29, 1.82) is 0 Å². The predicted octanol–water partition coefficient (Wildman–Crippen LogP) is 4.08. The van der Waals surface area contributed by atoms with Crippen LogP contribution in [0.15, 0.2) is 23.1 Å². The molecule has 1 atom stereocenters. The molecule has 1 rings (SSSR count). The molecule has 0 heterocycles. The van der Waals surface area contributed by atoms with Crippen molar-refractivity contribution < 1.29 is 13.2 Å². The van der Waals surface area contributed by atoms with Crippen LogP contribution in [0.2, 0.25) is 0 Å². The van der Waals surface area contributed by atoms with E-state index >= 15 is 0 Å². The highest BCUT2D eigenvalue weighted by molar-refractivity contribution is 8.13. The number of anilines is 1. The van der Waals surface area contributed by atoms with Gasteiger partial charge in [-0.2, -0.15) is 0 Å². The summed E-state index contributed by atoms with van der Waals surface area (Å²) in [6.45, 7) is 5.84. The molecule has 1 amide bonds. The van der Waals surface area contributed by atoms with E-state index in [-0.39, 0.29) is 16.7 Å². The standard InChI is InChI=1S/C15H22ClNO3S/c1-4-6-7-12(5-2)15(18)17-14-9-8-13(10-11(14)3)21(16,19)20/h8-10,12H,4-7H2,1-3H3,(H,17,18). The number of amides is 1. The van der Waals surface area contributed by atoms with Crippen molar-refractivity contribution >= 4 is 31.3 Å². The van der Waals surface area contributed by atoms with Gasteiger partial charge in [-0.1, -0.05) is 26.7 Å². The van der Waals surface area contributed by atoms with Gasteiger partial charge in [0.05, 0.1) is 4.90 Å². The summed E-state index contributed by atoms with van der Waals surface area (Å²) in [6, 6.07) is 4.44. The normalized spacial score (nSPS) is 13.0. The van der Waals surface area contributed by atoms with Crippen LogP contribution in [-0.4, -0.2) is 14.3 Å². The zero-order chi connectivity index (χ0) is 16.0. The van der Waals surface area contributed by atoms with E-state index in [9.17, 15) is 13.2 Å². The monoisotopic (exact) mass is 331 g/mol. The molecule has 0 bridgehead atoms. The predicted molar refractivity (Wildman–Crippen MR) is 86.2 cm³/mol. The molecule has 1 aromatic carbocycles. The van der Waals surface area contributed by atoms with Crippen LogP contribution >= 0.6 is 10.7 Å². The molecule has 0 radical (unpaired) electrons. The number of halogens is 1. The Hall–Kier alpha value is -1.07. The molecule has 0 spiro atoms. The largest absolute Gasteiger partial charge is 0.326 e. The summed E-state index contributed by atoms with van der Waals surface area (Å²) in [4.78, 5) is 12.3. The van der Waals surface area contributed by atoms with Gasteiger partial charge in [0.15, 0.2) is 0 Å². The number of aryl methyl sites for hydroxylation is 1. The molecule has 0 aromatic heterocycles. The van der Waals surface area contributed by atoms with Gasteiger partial charge in [-0.15, -0.1) is 0 Å². The summed E-state index contributed by atoms with van der Waals surface area (Å²) in [5, 5.41) is 2.87. The Morgan fingerprint density at radius 1 is 1.33 bits per heavy atom. The number of hydrogen-bond donors (Lipinski definition) is 1. The molecule has 0 saturated carbocycles. The molecule has 118 valence electrons. The first-order chi connectivity index (χ1) is 9.79. The Morgan fingerprint density at radius 2 is 2.00 bits per heavy atom. The molecule has 1 aromatic rings. The van der Waals surface area contributed by atoms with Crippen LogP contribution < -0.4 is 5.32 Å². The summed E-state index contributed by atoms with van der Waals surface area (Å²) in [5.41, 5.74) is 1.30. The Labute approximate surface area is 131 Å². The van der Waals surface area contributed by atoms with E-state index in [0.29, 0.717) is 11.3 Å². The maximum Gasteiger partial charge on any atom is 0.261 e. The number of carbonyl (C=O) groups excluding carboxylic acids is 1. The molecule has 0 aliphatic carbocycles. The van der Waals surface area contributed by atoms with Crippen molar-refractivity contribution in [3.05, 3.63) is 23.8 Å². The molecule has 6 heteroatoms. The van der Waals surface area contributed by atoms with E-state index in [1.807, 2.05) is 6.92 Å². The first kappa shape index (κ1) is 18.0. The molecule has 1 unspecified atom stereocenters. The van der Waals surface area contributed by atoms with E-state index in [2.05, 4.69) is 12.2 Å². The first-order valence-electron chi connectivity index (χ1n) is 7.15. The second-order valence-electron chi connectivity index (χ2n) is 5.15. The molecule has 4 nitrogen and oxygen atoms in total. The van der Waals surface area contributed by atoms with Crippen molar-refractivity contribution in [1.82, 2.24) is 0 Å². The SMILES string of the molecule is CCCCC(CC)C(=O)Nc1ccc(S(=O)(=O)Cl)cc1C. The Kier molecular flexibility index (Phi) is 6.68. The van der Waals surface area contributed by atoms with Crippen molar-refractivity contribution in [2.45, 2.75) is 51.3 Å². The van der Waals surface area contributed by atoms with Gasteiger partial charge in [0, 0.05) is 22.3 Å². The van der Waals surface area contributed by atoms with E-state index in [4.69, 9.17) is 10.7 Å². The average Bonchev–Trinajstić information content (AvgIpc) is 2.40. The molecular formula is C15H22ClNO3S. The molecule has 1 N–H and O–H groups in total. The molecular weight excluding hydrogens is 310 g/mol. The van der Waals surface area contributed by atoms with Gasteiger partial charge in [0.25, 0.3) is 9.05 Å². The lowest BCUT2D eigenvalue weighted by Gasteiger charge is -2.16. The molecule has 0 aliphatic heterocycles. The lowest BCUT2D eigenvalue weighted by molar-refractivity contribution is -0.120. The van der Waals surface area contributed by atoms with Gasteiger partial charge in [-0.05, 0) is 43.5 Å². The highest BCUT2D eigenvalue weighted by Crippen LogP contribution is 2.23. The molecule has 0 aliphatic rings. The summed E-state index contributed by atoms with van der Waals surface area (Å²) in [7, 11) is 1.56. The van der Waals surface area contributed by atoms with Crippen molar-refractivity contribution in [3.63, 3.8) is 0 Å². The molecule has 0 fully saturated rings. The molecule has 0 saturated heterocycles. The zero-order valence-corrected chi connectivity index (χ0v) is 14.2. The van der Waals surface area contributed by atoms with E-state index < -0.39 is 9.05 Å². The topological polar surface area (TPSA) is 63.2 Å². The summed E-state index contributed by atoms with van der Waals surface area (Å²) >= 11 is 0. The van der Waals surface area contributed by atoms with Gasteiger partial charge < -0.3 is 5.32 Å². The third-order valence-electron chi connectivity index (χ3n) is 3.51. The van der Waals surface area contributed by atoms with E-state index in [1.165, 1.54) is 12.1 Å². The number of carbonyl (C=O) groups is 1. The fourth-order valence-corrected chi connectivity index (χ4v) is 2.97. The second kappa shape index (κ2) is 7.80. The fourth-order valence-electron chi connectivity index (χ4n) is 2.13. The number of unbranched alkanes of at least 4 members (excludes halogenated alkanes) is 1. The summed E-state index contributed by atoms with van der Waals surface area (Å²) in [5.74, 6) is -0.0312. The lowest BCUT2D eigenvalue weighted by Crippen LogP contribution is -2.22. The first-order valence-corrected chi connectivity index (χ1v) is 9.46. The van der Waals surface area contributed by atoms with Gasteiger partial charge in [-0.3, -0.25) is 4.79 Å². The second-order valence-corrected chi connectivity index (χ2v) is 7.72. The minimum Gasteiger partial charge on any atom is -0.326 e. The van der Waals surface area contributed by atoms with Crippen LogP contribution in [0.5, 0.6) is 0 Å². The number of hydrogen-bond acceptors (Lipinski definition) is 3. The molecule has 21 heavy (non-hydrogen) atoms. The highest BCUT2D eigenvalue weighted by atomic mass is 35.7. The van der Waals surface area contributed by atoms with Crippen LogP contribution in [0.1, 0.15) is 45.1 Å². The number of rotatable bonds is 7. The lowest BCUT2D eigenvalue weighted by atomic mass is 9.98. The smallest absolute Gasteiger partial charge is 0.261 e. The highest BCUT2D eigenvalue weighted by Gasteiger charge is 2.17. The summed E-state index contributed by atoms with van der Waals surface area (Å²) in [6.07, 6.45) is 3.74. The summed E-state index contributed by atoms with van der Waals surface area (Å²) < 4.78 is 22.5. The van der Waals surface area contributed by atoms with Gasteiger partial charge in [0.1, 0.15) is 0 Å². The van der Waals surface area contributed by atoms with Crippen molar-refractivity contribution in [2.24, 2.45) is 5.92 Å². The Balaban J connectivity index is 2.85. The zero-order valence-electron chi connectivity index (χ0n) is 12.6. The number of benzene rings is 1. The Bertz CT molecular complexity index is 599. The maximum absolute atomic E-state index is 12.2. The minimum absolute atomic E-state index is 0.0132. The third-order valence-corrected chi connectivity index (χ3v) is 4.86. The van der Waals surface area contributed by atoms with E-state index in [0.717, 1.165) is 25.7 Å². The number of nitrogens with one attached hydrogen (secondary N) is 1. The van der Waals surface area contributed by atoms with Crippen LogP contribution in [0.25, 0.3) is 0 Å². The van der Waals surface area contributed by atoms with Crippen molar-refractivity contribution in [3.8, 4) is 0 Å². The minimum atomic E-state index is -3.74. The fraction of sp³-hybridized carbons (Fsp3) is 0.533. The Morgan fingerprint density at radius 3 is 2.48 bits per heavy atom. The van der Waals surface area contributed by atoms with Crippen LogP contribution in [0.4, 0.5) is 5.69 Å². The maximum atomic E-state index is 12.2. The average molecular weight is 332 g/mol. The third kappa shape index (κ3) is 5.32. The van der Waals surface area contributed by atoms with Crippen LogP contribution in [-0.2, 0) is 13.8 Å². The van der Waals surface area contributed by atoms with Gasteiger partial charge in [-0.25, -0.2) is 8.42 Å².